The van der Waals surface area contributed by atoms with Crippen molar-refractivity contribution >= 4 is 62.5 Å². The molecule has 0 unspecified atom stereocenters. The molecule has 69 heavy (non-hydrogen) atoms. The Morgan fingerprint density at radius 3 is 1.67 bits per heavy atom. The minimum Gasteiger partial charge on any atom is -0.496 e. The summed E-state index contributed by atoms with van der Waals surface area (Å²) in [5.41, 5.74) is -1.75. The van der Waals surface area contributed by atoms with E-state index in [-0.39, 0.29) is 104 Å². The number of fused-ring (bicyclic) bond motifs is 10. The van der Waals surface area contributed by atoms with Crippen molar-refractivity contribution in [3.8, 4) is 45.3 Å². The number of carbonyl (C=O) groups is 1. The number of nitrogens with zero attached hydrogens (tertiary/aromatic N) is 3. The molecule has 1 amide bonds. The van der Waals surface area contributed by atoms with E-state index >= 15 is 8.78 Å². The SMILES string of the molecule is COc1cccc(F)c1-c1c(Cl)cc2c3c(c(=O)[nH]c2c1F)OC[C@H]1CN(C(=O)OC(C)(C)C)[C@H](C)CN31.COc1cccc(F)c1-c1c(Cl)cc2c3c(c(=O)[nH]c2c1F)OC[C@H]1CN[C@H](C)CN31. The first-order chi connectivity index (χ1) is 32.8. The van der Waals surface area contributed by atoms with E-state index in [0.717, 1.165) is 0 Å². The van der Waals surface area contributed by atoms with Crippen molar-refractivity contribution in [3.63, 3.8) is 0 Å². The number of ether oxygens (including phenoxy) is 5. The third kappa shape index (κ3) is 8.39. The fourth-order valence-corrected chi connectivity index (χ4v) is 10.1. The molecule has 0 aliphatic carbocycles. The fourth-order valence-electron chi connectivity index (χ4n) is 9.55. The largest absolute Gasteiger partial charge is 0.496 e. The number of rotatable bonds is 4. The van der Waals surface area contributed by atoms with Crippen LogP contribution in [0.1, 0.15) is 34.6 Å². The molecule has 2 fully saturated rings. The molecular formula is C49H48Cl2F4N6O8. The van der Waals surface area contributed by atoms with Gasteiger partial charge in [0, 0.05) is 60.2 Å². The Bertz CT molecular complexity index is 3180. The topological polar surface area (TPSA) is 151 Å². The lowest BCUT2D eigenvalue weighted by Gasteiger charge is -2.48. The Balaban J connectivity index is 0.000000175. The van der Waals surface area contributed by atoms with Crippen LogP contribution in [0.5, 0.6) is 23.0 Å². The average molecular weight is 996 g/mol. The van der Waals surface area contributed by atoms with Crippen molar-refractivity contribution < 1.29 is 46.0 Å². The second kappa shape index (κ2) is 18.2. The van der Waals surface area contributed by atoms with Gasteiger partial charge in [-0.2, -0.15) is 0 Å². The van der Waals surface area contributed by atoms with E-state index in [2.05, 4.69) is 20.2 Å². The summed E-state index contributed by atoms with van der Waals surface area (Å²) in [4.78, 5) is 49.4. The fraction of sp³-hybridized carbons (Fsp3) is 0.367. The molecule has 364 valence electrons. The summed E-state index contributed by atoms with van der Waals surface area (Å²) >= 11 is 13.1. The number of methoxy groups -OCH3 is 2. The highest BCUT2D eigenvalue weighted by atomic mass is 35.5. The summed E-state index contributed by atoms with van der Waals surface area (Å²) in [5.74, 6) is -2.70. The molecule has 2 saturated heterocycles. The Kier molecular flexibility index (Phi) is 12.6. The third-order valence-corrected chi connectivity index (χ3v) is 13.3. The van der Waals surface area contributed by atoms with Crippen LogP contribution in [0.4, 0.5) is 33.7 Å². The van der Waals surface area contributed by atoms with Gasteiger partial charge in [0.15, 0.2) is 11.6 Å². The van der Waals surface area contributed by atoms with E-state index in [0.29, 0.717) is 48.4 Å². The standard InChI is InChI=1S/C27H28ClF2N3O5.C22H20ClF2N3O3/c1-13-10-33-14(11-32(13)26(35)38-27(2,3)4)12-37-24-23(33)15-9-16(28)19(21(30)22(15)31-25(24)34)20-17(29)7-6-8-18(20)36-5;1-10-8-28-11(7-26-10)9-31-21-20(28)12-6-13(23)16(18(25)19(12)27-22(21)29)17-14(24)4-3-5-15(17)30-2/h6-9,13-14H,10-12H2,1-5H3,(H,31,34);3-6,10-11,26H,7-9H2,1-2H3,(H,27,29)/t13-,14-;10-,11-/m11/s1. The molecule has 2 aromatic heterocycles. The number of halogens is 6. The van der Waals surface area contributed by atoms with Crippen LogP contribution in [0.25, 0.3) is 44.1 Å². The van der Waals surface area contributed by atoms with Gasteiger partial charge >= 0.3 is 6.09 Å². The van der Waals surface area contributed by atoms with Gasteiger partial charge in [0.25, 0.3) is 11.1 Å². The van der Waals surface area contributed by atoms with Gasteiger partial charge in [0.05, 0.1) is 69.9 Å². The molecule has 3 N–H and O–H groups in total. The summed E-state index contributed by atoms with van der Waals surface area (Å²) < 4.78 is 89.1. The lowest BCUT2D eigenvalue weighted by atomic mass is 9.98. The summed E-state index contributed by atoms with van der Waals surface area (Å²) in [7, 11) is 2.71. The first kappa shape index (κ1) is 47.7. The molecule has 10 rings (SSSR count). The highest BCUT2D eigenvalue weighted by molar-refractivity contribution is 6.35. The molecule has 14 nitrogen and oxygen atoms in total. The molecule has 6 aromatic rings. The maximum absolute atomic E-state index is 16.1. The Morgan fingerprint density at radius 1 is 0.710 bits per heavy atom. The van der Waals surface area contributed by atoms with Gasteiger partial charge in [0.2, 0.25) is 11.5 Å². The smallest absolute Gasteiger partial charge is 0.410 e. The van der Waals surface area contributed by atoms with Crippen molar-refractivity contribution in [2.24, 2.45) is 0 Å². The summed E-state index contributed by atoms with van der Waals surface area (Å²) in [6.07, 6.45) is -0.441. The predicted molar refractivity (Wildman–Crippen MR) is 256 cm³/mol. The molecule has 6 heterocycles. The molecule has 0 spiro atoms. The molecule has 4 aromatic carbocycles. The second-order valence-corrected chi connectivity index (χ2v) is 19.2. The van der Waals surface area contributed by atoms with Crippen molar-refractivity contribution in [2.45, 2.75) is 64.4 Å². The summed E-state index contributed by atoms with van der Waals surface area (Å²) in [6, 6.07) is 10.9. The van der Waals surface area contributed by atoms with Crippen LogP contribution in [0.15, 0.2) is 58.1 Å². The van der Waals surface area contributed by atoms with Crippen LogP contribution in [0, 0.1) is 23.3 Å². The molecule has 4 aliphatic rings. The van der Waals surface area contributed by atoms with Gasteiger partial charge in [0.1, 0.15) is 41.9 Å². The van der Waals surface area contributed by atoms with Gasteiger partial charge in [-0.05, 0) is 71.0 Å². The van der Waals surface area contributed by atoms with E-state index in [4.69, 9.17) is 46.9 Å². The van der Waals surface area contributed by atoms with Gasteiger partial charge < -0.3 is 53.7 Å². The van der Waals surface area contributed by atoms with Crippen LogP contribution in [0.2, 0.25) is 10.0 Å². The van der Waals surface area contributed by atoms with Gasteiger partial charge in [-0.3, -0.25) is 9.59 Å². The minimum atomic E-state index is -0.890. The van der Waals surface area contributed by atoms with Crippen molar-refractivity contribution in [3.05, 3.63) is 103 Å². The number of pyridine rings is 2. The number of anilines is 2. The quantitative estimate of drug-likeness (QED) is 0.145. The van der Waals surface area contributed by atoms with Crippen LogP contribution >= 0.6 is 23.2 Å². The number of aromatic nitrogens is 2. The van der Waals surface area contributed by atoms with Gasteiger partial charge in [-0.25, -0.2) is 22.4 Å². The Hall–Kier alpha value is -6.37. The summed E-state index contributed by atoms with van der Waals surface area (Å²) in [6.45, 7) is 11.7. The number of benzene rings is 4. The highest BCUT2D eigenvalue weighted by Gasteiger charge is 2.42. The number of hydrogen-bond acceptors (Lipinski definition) is 11. The van der Waals surface area contributed by atoms with Crippen LogP contribution in [-0.4, -0.2) is 104 Å². The van der Waals surface area contributed by atoms with E-state index in [9.17, 15) is 23.2 Å². The van der Waals surface area contributed by atoms with Crippen LogP contribution in [-0.2, 0) is 4.74 Å². The number of amides is 1. The first-order valence-corrected chi connectivity index (χ1v) is 22.9. The van der Waals surface area contributed by atoms with Gasteiger partial charge in [-0.15, -0.1) is 0 Å². The predicted octanol–water partition coefficient (Wildman–Crippen LogP) is 9.04. The van der Waals surface area contributed by atoms with Crippen LogP contribution < -0.4 is 45.2 Å². The normalized spacial score (nSPS) is 19.6. The molecule has 20 heteroatoms. The maximum Gasteiger partial charge on any atom is 0.410 e. The van der Waals surface area contributed by atoms with Gasteiger partial charge in [-0.1, -0.05) is 35.3 Å². The van der Waals surface area contributed by atoms with E-state index in [1.807, 2.05) is 18.7 Å². The number of aromatic amines is 2. The lowest BCUT2D eigenvalue weighted by molar-refractivity contribution is 0.00992. The van der Waals surface area contributed by atoms with Crippen molar-refractivity contribution in [1.82, 2.24) is 20.2 Å². The molecule has 4 atom stereocenters. The number of nitrogens with one attached hydrogen (secondary N) is 3. The molecule has 0 radical (unpaired) electrons. The van der Waals surface area contributed by atoms with Crippen LogP contribution in [0.3, 0.4) is 0 Å². The van der Waals surface area contributed by atoms with E-state index in [1.54, 1.807) is 31.7 Å². The minimum absolute atomic E-state index is 0.00174. The zero-order chi connectivity index (χ0) is 49.4. The average Bonchev–Trinajstić information content (AvgIpc) is 3.30. The van der Waals surface area contributed by atoms with Crippen molar-refractivity contribution in [1.29, 1.82) is 0 Å². The zero-order valence-electron chi connectivity index (χ0n) is 38.5. The molecular weight excluding hydrogens is 947 g/mol. The Labute approximate surface area is 402 Å². The second-order valence-electron chi connectivity index (χ2n) is 18.4. The first-order valence-electron chi connectivity index (χ1n) is 22.1. The molecule has 4 aliphatic heterocycles. The third-order valence-electron chi connectivity index (χ3n) is 12.7. The number of carbonyl (C=O) groups excluding carboxylic acids is 1. The molecule has 0 saturated carbocycles. The summed E-state index contributed by atoms with van der Waals surface area (Å²) in [5, 5.41) is 4.05. The van der Waals surface area contributed by atoms with Crippen molar-refractivity contribution in [2.75, 3.05) is 63.4 Å². The number of H-pyrrole nitrogens is 2. The monoisotopic (exact) mass is 994 g/mol. The zero-order valence-corrected chi connectivity index (χ0v) is 40.1. The Morgan fingerprint density at radius 2 is 1.19 bits per heavy atom. The number of piperazine rings is 2. The van der Waals surface area contributed by atoms with E-state index < -0.39 is 46.1 Å². The van der Waals surface area contributed by atoms with E-state index in [1.165, 1.54) is 56.7 Å². The number of hydrogen-bond donors (Lipinski definition) is 3. The molecule has 0 bridgehead atoms. The lowest BCUT2D eigenvalue weighted by Crippen LogP contribution is -2.62. The highest BCUT2D eigenvalue weighted by Crippen LogP contribution is 2.48. The maximum atomic E-state index is 16.1.